The fourth-order valence-electron chi connectivity index (χ4n) is 2.57. The van der Waals surface area contributed by atoms with Crippen molar-refractivity contribution in [2.75, 3.05) is 5.32 Å². The van der Waals surface area contributed by atoms with Crippen LogP contribution in [0.25, 0.3) is 22.7 Å². The second-order valence-corrected chi connectivity index (χ2v) is 5.78. The van der Waals surface area contributed by atoms with Crippen LogP contribution in [-0.2, 0) is 11.3 Å². The maximum absolute atomic E-state index is 12.2. The van der Waals surface area contributed by atoms with Gasteiger partial charge in [0, 0.05) is 11.6 Å². The van der Waals surface area contributed by atoms with Gasteiger partial charge in [-0.2, -0.15) is 9.78 Å². The summed E-state index contributed by atoms with van der Waals surface area (Å²) >= 11 is 0. The second kappa shape index (κ2) is 7.12. The molecular formula is C19H15N5O3. The van der Waals surface area contributed by atoms with Crippen molar-refractivity contribution in [1.82, 2.24) is 20.0 Å². The number of hydrogen-bond acceptors (Lipinski definition) is 5. The molecule has 134 valence electrons. The molecule has 0 unspecified atom stereocenters. The van der Waals surface area contributed by atoms with E-state index in [9.17, 15) is 9.59 Å². The van der Waals surface area contributed by atoms with E-state index in [-0.39, 0.29) is 12.4 Å². The Morgan fingerprint density at radius 1 is 1.04 bits per heavy atom. The fourth-order valence-corrected chi connectivity index (χ4v) is 2.57. The minimum Gasteiger partial charge on any atom is -0.388 e. The highest BCUT2D eigenvalue weighted by Crippen LogP contribution is 2.19. The van der Waals surface area contributed by atoms with Crippen molar-refractivity contribution in [3.8, 4) is 22.7 Å². The van der Waals surface area contributed by atoms with Gasteiger partial charge in [-0.1, -0.05) is 48.5 Å². The number of amides is 1. The number of nitrogens with one attached hydrogen (secondary N) is 2. The van der Waals surface area contributed by atoms with E-state index in [0.29, 0.717) is 11.4 Å². The highest BCUT2D eigenvalue weighted by molar-refractivity contribution is 5.90. The highest BCUT2D eigenvalue weighted by Gasteiger charge is 2.14. The molecule has 2 aromatic heterocycles. The standard InChI is InChI=1S/C19H15N5O3/c25-17(20-16-11-15(21-22-16)13-7-3-1-4-8-13)12-24-19(26)27-18(23-24)14-9-5-2-6-10-14/h1-11H,12H2,(H2,20,21,22,25). The summed E-state index contributed by atoms with van der Waals surface area (Å²) in [5.41, 5.74) is 2.38. The molecule has 8 heteroatoms. The zero-order chi connectivity index (χ0) is 18.6. The normalized spacial score (nSPS) is 10.7. The van der Waals surface area contributed by atoms with E-state index in [2.05, 4.69) is 20.6 Å². The van der Waals surface area contributed by atoms with Crippen LogP contribution in [0.15, 0.2) is 75.9 Å². The number of aromatic amines is 1. The average molecular weight is 361 g/mol. The fraction of sp³-hybridized carbons (Fsp3) is 0.0526. The lowest BCUT2D eigenvalue weighted by Gasteiger charge is -2.00. The Labute approximate surface area is 153 Å². The van der Waals surface area contributed by atoms with Crippen LogP contribution in [0, 0.1) is 0 Å². The van der Waals surface area contributed by atoms with Crippen molar-refractivity contribution in [2.45, 2.75) is 6.54 Å². The van der Waals surface area contributed by atoms with E-state index < -0.39 is 11.7 Å². The van der Waals surface area contributed by atoms with Crippen molar-refractivity contribution in [3.63, 3.8) is 0 Å². The molecule has 0 atom stereocenters. The number of aromatic nitrogens is 4. The van der Waals surface area contributed by atoms with Gasteiger partial charge in [-0.3, -0.25) is 9.89 Å². The van der Waals surface area contributed by atoms with Gasteiger partial charge >= 0.3 is 5.76 Å². The maximum atomic E-state index is 12.2. The third-order valence-corrected chi connectivity index (χ3v) is 3.85. The molecule has 0 aliphatic carbocycles. The van der Waals surface area contributed by atoms with E-state index >= 15 is 0 Å². The number of carbonyl (C=O) groups is 1. The van der Waals surface area contributed by atoms with Gasteiger partial charge < -0.3 is 9.73 Å². The number of anilines is 1. The molecule has 4 aromatic rings. The number of nitrogens with zero attached hydrogens (tertiary/aromatic N) is 3. The minimum atomic E-state index is -0.698. The zero-order valence-electron chi connectivity index (χ0n) is 14.1. The van der Waals surface area contributed by atoms with Crippen molar-refractivity contribution in [1.29, 1.82) is 0 Å². The summed E-state index contributed by atoms with van der Waals surface area (Å²) in [6.07, 6.45) is 0. The van der Waals surface area contributed by atoms with Gasteiger partial charge in [0.05, 0.1) is 5.69 Å². The first kappa shape index (κ1) is 16.5. The van der Waals surface area contributed by atoms with E-state index in [1.165, 1.54) is 0 Å². The lowest BCUT2D eigenvalue weighted by atomic mass is 10.2. The molecular weight excluding hydrogens is 346 g/mol. The molecule has 0 aliphatic heterocycles. The molecule has 4 rings (SSSR count). The zero-order valence-corrected chi connectivity index (χ0v) is 14.1. The Hall–Kier alpha value is -3.94. The maximum Gasteiger partial charge on any atom is 0.437 e. The summed E-state index contributed by atoms with van der Waals surface area (Å²) in [7, 11) is 0. The lowest BCUT2D eigenvalue weighted by molar-refractivity contribution is -0.117. The topological polar surface area (TPSA) is 106 Å². The molecule has 8 nitrogen and oxygen atoms in total. The molecule has 2 aromatic carbocycles. The average Bonchev–Trinajstić information content (AvgIpc) is 3.30. The molecule has 0 spiro atoms. The SMILES string of the molecule is O=C(Cn1nc(-c2ccccc2)oc1=O)Nc1cc(-c2ccccc2)[nH]n1. The molecule has 2 N–H and O–H groups in total. The number of benzene rings is 2. The van der Waals surface area contributed by atoms with Gasteiger partial charge in [0.2, 0.25) is 11.8 Å². The first-order valence-corrected chi connectivity index (χ1v) is 8.23. The van der Waals surface area contributed by atoms with Crippen LogP contribution in [0.4, 0.5) is 5.82 Å². The third kappa shape index (κ3) is 3.69. The number of hydrogen-bond donors (Lipinski definition) is 2. The largest absolute Gasteiger partial charge is 0.437 e. The van der Waals surface area contributed by atoms with Crippen molar-refractivity contribution < 1.29 is 9.21 Å². The van der Waals surface area contributed by atoms with Crippen LogP contribution < -0.4 is 11.1 Å². The molecule has 2 heterocycles. The van der Waals surface area contributed by atoms with Crippen LogP contribution >= 0.6 is 0 Å². The van der Waals surface area contributed by atoms with Gasteiger partial charge in [-0.25, -0.2) is 4.79 Å². The summed E-state index contributed by atoms with van der Waals surface area (Å²) in [5.74, 6) is -0.606. The smallest absolute Gasteiger partial charge is 0.388 e. The van der Waals surface area contributed by atoms with E-state index in [1.54, 1.807) is 18.2 Å². The molecule has 0 saturated heterocycles. The van der Waals surface area contributed by atoms with Crippen molar-refractivity contribution in [3.05, 3.63) is 77.3 Å². The van der Waals surface area contributed by atoms with Crippen LogP contribution in [0.3, 0.4) is 0 Å². The molecule has 0 bridgehead atoms. The van der Waals surface area contributed by atoms with Crippen LogP contribution in [-0.4, -0.2) is 25.9 Å². The van der Waals surface area contributed by atoms with Crippen molar-refractivity contribution >= 4 is 11.7 Å². The molecule has 1 amide bonds. The highest BCUT2D eigenvalue weighted by atomic mass is 16.4. The van der Waals surface area contributed by atoms with E-state index in [4.69, 9.17) is 4.42 Å². The molecule has 0 fully saturated rings. The molecule has 0 radical (unpaired) electrons. The number of H-pyrrole nitrogens is 1. The summed E-state index contributed by atoms with van der Waals surface area (Å²) in [5, 5.41) is 13.6. The van der Waals surface area contributed by atoms with E-state index in [0.717, 1.165) is 15.9 Å². The monoisotopic (exact) mass is 361 g/mol. The van der Waals surface area contributed by atoms with Gasteiger partial charge in [0.25, 0.3) is 0 Å². The molecule has 27 heavy (non-hydrogen) atoms. The van der Waals surface area contributed by atoms with Gasteiger partial charge in [0.1, 0.15) is 6.54 Å². The first-order valence-electron chi connectivity index (χ1n) is 8.23. The Kier molecular flexibility index (Phi) is 4.36. The minimum absolute atomic E-state index is 0.166. The van der Waals surface area contributed by atoms with Crippen LogP contribution in [0.5, 0.6) is 0 Å². The Morgan fingerprint density at radius 3 is 2.41 bits per heavy atom. The predicted octanol–water partition coefficient (Wildman–Crippen LogP) is 2.53. The Balaban J connectivity index is 1.45. The quantitative estimate of drug-likeness (QED) is 0.568. The lowest BCUT2D eigenvalue weighted by Crippen LogP contribution is -2.26. The Bertz CT molecular complexity index is 1110. The van der Waals surface area contributed by atoms with Gasteiger partial charge in [0.15, 0.2) is 5.82 Å². The van der Waals surface area contributed by atoms with Crippen molar-refractivity contribution in [2.24, 2.45) is 0 Å². The van der Waals surface area contributed by atoms with Gasteiger partial charge in [-0.15, -0.1) is 5.10 Å². The predicted molar refractivity (Wildman–Crippen MR) is 98.9 cm³/mol. The number of carbonyl (C=O) groups excluding carboxylic acids is 1. The summed E-state index contributed by atoms with van der Waals surface area (Å²) in [6.45, 7) is -0.275. The molecule has 0 saturated carbocycles. The van der Waals surface area contributed by atoms with E-state index in [1.807, 2.05) is 48.5 Å². The third-order valence-electron chi connectivity index (χ3n) is 3.85. The van der Waals surface area contributed by atoms with Gasteiger partial charge in [-0.05, 0) is 17.7 Å². The summed E-state index contributed by atoms with van der Waals surface area (Å²) < 4.78 is 6.08. The summed E-state index contributed by atoms with van der Waals surface area (Å²) in [6, 6.07) is 20.3. The van der Waals surface area contributed by atoms with Crippen LogP contribution in [0.1, 0.15) is 0 Å². The molecule has 0 aliphatic rings. The first-order chi connectivity index (χ1) is 13.2. The van der Waals surface area contributed by atoms with Crippen LogP contribution in [0.2, 0.25) is 0 Å². The second-order valence-electron chi connectivity index (χ2n) is 5.78. The summed E-state index contributed by atoms with van der Waals surface area (Å²) in [4.78, 5) is 24.1. The number of rotatable bonds is 5. The Morgan fingerprint density at radius 2 is 1.70 bits per heavy atom.